The van der Waals surface area contributed by atoms with Gasteiger partial charge in [0.25, 0.3) is 0 Å². The summed E-state index contributed by atoms with van der Waals surface area (Å²) in [6.45, 7) is 2.77. The summed E-state index contributed by atoms with van der Waals surface area (Å²) in [6, 6.07) is 12.0. The van der Waals surface area contributed by atoms with Crippen molar-refractivity contribution in [3.8, 4) is 0 Å². The van der Waals surface area contributed by atoms with E-state index in [-0.39, 0.29) is 0 Å². The normalized spacial score (nSPS) is 12.2. The number of aliphatic hydroxyl groups is 1. The average Bonchev–Trinajstić information content (AvgIpc) is 2.47. The van der Waals surface area contributed by atoms with Crippen LogP contribution in [0.25, 0.3) is 0 Å². The molecule has 19 heavy (non-hydrogen) atoms. The quantitative estimate of drug-likeness (QED) is 0.892. The maximum absolute atomic E-state index is 10.1. The van der Waals surface area contributed by atoms with Crippen LogP contribution in [0.3, 0.4) is 0 Å². The zero-order chi connectivity index (χ0) is 13.7. The SMILES string of the molecule is CC[C@H](O)c1ccccc1N(C)Cc1cccnc1. The fourth-order valence-corrected chi connectivity index (χ4v) is 2.19. The van der Waals surface area contributed by atoms with Gasteiger partial charge < -0.3 is 10.0 Å². The predicted molar refractivity (Wildman–Crippen MR) is 78.0 cm³/mol. The molecule has 0 unspecified atom stereocenters. The summed E-state index contributed by atoms with van der Waals surface area (Å²) < 4.78 is 0. The molecular weight excluding hydrogens is 236 g/mol. The van der Waals surface area contributed by atoms with Gasteiger partial charge in [0.1, 0.15) is 0 Å². The minimum Gasteiger partial charge on any atom is -0.388 e. The van der Waals surface area contributed by atoms with Gasteiger partial charge in [0.2, 0.25) is 0 Å². The number of rotatable bonds is 5. The highest BCUT2D eigenvalue weighted by Gasteiger charge is 2.13. The van der Waals surface area contributed by atoms with Gasteiger partial charge in [-0.3, -0.25) is 4.98 Å². The van der Waals surface area contributed by atoms with Crippen LogP contribution in [0.15, 0.2) is 48.8 Å². The van der Waals surface area contributed by atoms with Crippen molar-refractivity contribution in [2.75, 3.05) is 11.9 Å². The number of hydrogen-bond acceptors (Lipinski definition) is 3. The summed E-state index contributed by atoms with van der Waals surface area (Å²) in [5.74, 6) is 0. The van der Waals surface area contributed by atoms with Crippen molar-refractivity contribution in [1.82, 2.24) is 4.98 Å². The third kappa shape index (κ3) is 3.32. The van der Waals surface area contributed by atoms with Crippen LogP contribution in [0.4, 0.5) is 5.69 Å². The molecule has 1 heterocycles. The van der Waals surface area contributed by atoms with Gasteiger partial charge in [-0.05, 0) is 24.1 Å². The Morgan fingerprint density at radius 1 is 1.21 bits per heavy atom. The molecule has 0 fully saturated rings. The Bertz CT molecular complexity index is 513. The first-order valence-electron chi connectivity index (χ1n) is 6.59. The molecule has 1 aromatic heterocycles. The van der Waals surface area contributed by atoms with E-state index in [0.717, 1.165) is 29.8 Å². The summed E-state index contributed by atoms with van der Waals surface area (Å²) in [5, 5.41) is 10.1. The number of hydrogen-bond donors (Lipinski definition) is 1. The van der Waals surface area contributed by atoms with Gasteiger partial charge in [0.15, 0.2) is 0 Å². The van der Waals surface area contributed by atoms with Gasteiger partial charge in [-0.1, -0.05) is 31.2 Å². The second-order valence-corrected chi connectivity index (χ2v) is 4.70. The van der Waals surface area contributed by atoms with E-state index in [1.807, 2.05) is 50.5 Å². The van der Waals surface area contributed by atoms with E-state index in [1.165, 1.54) is 0 Å². The molecule has 0 spiro atoms. The second-order valence-electron chi connectivity index (χ2n) is 4.70. The summed E-state index contributed by atoms with van der Waals surface area (Å²) in [7, 11) is 2.04. The molecule has 0 aliphatic heterocycles. The molecule has 3 heteroatoms. The van der Waals surface area contributed by atoms with Gasteiger partial charge in [0, 0.05) is 37.2 Å². The minimum absolute atomic E-state index is 0.410. The van der Waals surface area contributed by atoms with Crippen LogP contribution >= 0.6 is 0 Å². The van der Waals surface area contributed by atoms with Gasteiger partial charge in [0.05, 0.1) is 6.10 Å². The topological polar surface area (TPSA) is 36.4 Å². The number of nitrogens with zero attached hydrogens (tertiary/aromatic N) is 2. The summed E-state index contributed by atoms with van der Waals surface area (Å²) in [6.07, 6.45) is 3.96. The average molecular weight is 256 g/mol. The summed E-state index contributed by atoms with van der Waals surface area (Å²) in [4.78, 5) is 6.27. The monoisotopic (exact) mass is 256 g/mol. The molecule has 2 aromatic rings. The maximum Gasteiger partial charge on any atom is 0.0807 e. The smallest absolute Gasteiger partial charge is 0.0807 e. The van der Waals surface area contributed by atoms with E-state index >= 15 is 0 Å². The van der Waals surface area contributed by atoms with Crippen LogP contribution in [0, 0.1) is 0 Å². The molecule has 100 valence electrons. The number of anilines is 1. The third-order valence-electron chi connectivity index (χ3n) is 3.24. The van der Waals surface area contributed by atoms with Gasteiger partial charge in [-0.15, -0.1) is 0 Å². The van der Waals surface area contributed by atoms with Crippen LogP contribution in [-0.4, -0.2) is 17.1 Å². The molecule has 0 aliphatic rings. The van der Waals surface area contributed by atoms with Crippen molar-refractivity contribution in [2.24, 2.45) is 0 Å². The van der Waals surface area contributed by atoms with Crippen LogP contribution in [0.1, 0.15) is 30.6 Å². The Balaban J connectivity index is 2.21. The first-order chi connectivity index (χ1) is 9.22. The third-order valence-corrected chi connectivity index (χ3v) is 3.24. The van der Waals surface area contributed by atoms with E-state index in [0.29, 0.717) is 0 Å². The zero-order valence-electron chi connectivity index (χ0n) is 11.5. The van der Waals surface area contributed by atoms with E-state index in [9.17, 15) is 5.11 Å². The molecule has 1 N–H and O–H groups in total. The number of aliphatic hydroxyl groups excluding tert-OH is 1. The van der Waals surface area contributed by atoms with Crippen LogP contribution in [0.5, 0.6) is 0 Å². The van der Waals surface area contributed by atoms with Crippen LogP contribution in [0.2, 0.25) is 0 Å². The van der Waals surface area contributed by atoms with E-state index in [2.05, 4.69) is 16.0 Å². The fourth-order valence-electron chi connectivity index (χ4n) is 2.19. The van der Waals surface area contributed by atoms with E-state index in [4.69, 9.17) is 0 Å². The van der Waals surface area contributed by atoms with Crippen molar-refractivity contribution in [2.45, 2.75) is 26.0 Å². The van der Waals surface area contributed by atoms with E-state index < -0.39 is 6.10 Å². The highest BCUT2D eigenvalue weighted by molar-refractivity contribution is 5.54. The first kappa shape index (κ1) is 13.6. The summed E-state index contributed by atoms with van der Waals surface area (Å²) in [5.41, 5.74) is 3.21. The lowest BCUT2D eigenvalue weighted by molar-refractivity contribution is 0.174. The Labute approximate surface area is 114 Å². The highest BCUT2D eigenvalue weighted by Crippen LogP contribution is 2.28. The summed E-state index contributed by atoms with van der Waals surface area (Å²) >= 11 is 0. The molecule has 0 saturated carbocycles. The number of pyridine rings is 1. The molecule has 0 amide bonds. The van der Waals surface area contributed by atoms with Gasteiger partial charge in [-0.25, -0.2) is 0 Å². The van der Waals surface area contributed by atoms with Crippen LogP contribution < -0.4 is 4.90 Å². The van der Waals surface area contributed by atoms with Crippen molar-refractivity contribution in [3.05, 3.63) is 59.9 Å². The molecule has 0 saturated heterocycles. The Kier molecular flexibility index (Phi) is 4.53. The fraction of sp³-hybridized carbons (Fsp3) is 0.312. The largest absolute Gasteiger partial charge is 0.388 e. The zero-order valence-corrected chi connectivity index (χ0v) is 11.5. The number of para-hydroxylation sites is 1. The number of benzene rings is 1. The van der Waals surface area contributed by atoms with Crippen molar-refractivity contribution in [1.29, 1.82) is 0 Å². The lowest BCUT2D eigenvalue weighted by Crippen LogP contribution is -2.19. The lowest BCUT2D eigenvalue weighted by Gasteiger charge is -2.24. The maximum atomic E-state index is 10.1. The molecule has 2 rings (SSSR count). The molecule has 0 radical (unpaired) electrons. The predicted octanol–water partition coefficient (Wildman–Crippen LogP) is 3.16. The van der Waals surface area contributed by atoms with Crippen molar-refractivity contribution >= 4 is 5.69 Å². The Morgan fingerprint density at radius 2 is 2.00 bits per heavy atom. The van der Waals surface area contributed by atoms with E-state index in [1.54, 1.807) is 6.20 Å². The molecular formula is C16H20N2O. The first-order valence-corrected chi connectivity index (χ1v) is 6.59. The molecule has 3 nitrogen and oxygen atoms in total. The Morgan fingerprint density at radius 3 is 2.68 bits per heavy atom. The lowest BCUT2D eigenvalue weighted by atomic mass is 10.0. The minimum atomic E-state index is -0.410. The van der Waals surface area contributed by atoms with Crippen LogP contribution in [-0.2, 0) is 6.54 Å². The number of aromatic nitrogens is 1. The molecule has 1 atom stereocenters. The molecule has 0 bridgehead atoms. The van der Waals surface area contributed by atoms with Crippen molar-refractivity contribution < 1.29 is 5.11 Å². The van der Waals surface area contributed by atoms with Crippen molar-refractivity contribution in [3.63, 3.8) is 0 Å². The molecule has 1 aromatic carbocycles. The Hall–Kier alpha value is -1.87. The standard InChI is InChI=1S/C16H20N2O/c1-3-16(19)14-8-4-5-9-15(14)18(2)12-13-7-6-10-17-11-13/h4-11,16,19H,3,12H2,1-2H3/t16-/m0/s1. The second kappa shape index (κ2) is 6.34. The molecule has 0 aliphatic carbocycles. The van der Waals surface area contributed by atoms with Gasteiger partial charge >= 0.3 is 0 Å². The highest BCUT2D eigenvalue weighted by atomic mass is 16.3. The van der Waals surface area contributed by atoms with Gasteiger partial charge in [-0.2, -0.15) is 0 Å².